The van der Waals surface area contributed by atoms with Gasteiger partial charge in [0.1, 0.15) is 0 Å². The number of anilines is 1. The maximum atomic E-state index is 12.3. The Kier molecular flexibility index (Phi) is 5.06. The van der Waals surface area contributed by atoms with Gasteiger partial charge in [-0.25, -0.2) is 0 Å². The summed E-state index contributed by atoms with van der Waals surface area (Å²) in [6, 6.07) is 14.7. The molecule has 124 valence electrons. The zero-order valence-corrected chi connectivity index (χ0v) is 13.9. The van der Waals surface area contributed by atoms with Crippen LogP contribution in [0.25, 0.3) is 0 Å². The van der Waals surface area contributed by atoms with Gasteiger partial charge in [0.2, 0.25) is 0 Å². The van der Waals surface area contributed by atoms with Crippen LogP contribution in [0.1, 0.15) is 46.0 Å². The number of hydrogen-bond donors (Lipinski definition) is 1. The Hall–Kier alpha value is -2.46. The Morgan fingerprint density at radius 3 is 2.08 bits per heavy atom. The molecule has 1 amide bonds. The average Bonchev–Trinajstić information content (AvgIpc) is 3.09. The molecule has 1 fully saturated rings. The highest BCUT2D eigenvalue weighted by molar-refractivity contribution is 6.04. The molecule has 0 spiro atoms. The van der Waals surface area contributed by atoms with Crippen molar-refractivity contribution in [2.24, 2.45) is 0 Å². The van der Waals surface area contributed by atoms with Gasteiger partial charge in [-0.3, -0.25) is 14.5 Å². The number of nitrogens with one attached hydrogen (secondary N) is 1. The minimum absolute atomic E-state index is 0.0152. The molecule has 2 aromatic carbocycles. The molecule has 2 aromatic rings. The number of hydrogen-bond acceptors (Lipinski definition) is 3. The lowest BCUT2D eigenvalue weighted by Crippen LogP contribution is -2.18. The van der Waals surface area contributed by atoms with Crippen LogP contribution in [0.3, 0.4) is 0 Å². The molecule has 24 heavy (non-hydrogen) atoms. The zero-order chi connectivity index (χ0) is 16.9. The number of ketones is 1. The van der Waals surface area contributed by atoms with E-state index in [1.807, 2.05) is 24.3 Å². The topological polar surface area (TPSA) is 49.4 Å². The summed E-state index contributed by atoms with van der Waals surface area (Å²) in [5.74, 6) is -0.125. The van der Waals surface area contributed by atoms with E-state index in [1.54, 1.807) is 24.3 Å². The molecule has 1 aliphatic rings. The highest BCUT2D eigenvalue weighted by atomic mass is 16.1. The Bertz CT molecular complexity index is 714. The van der Waals surface area contributed by atoms with Gasteiger partial charge in [0.05, 0.1) is 0 Å². The van der Waals surface area contributed by atoms with Gasteiger partial charge in [-0.2, -0.15) is 0 Å². The van der Waals surface area contributed by atoms with E-state index in [0.29, 0.717) is 16.8 Å². The van der Waals surface area contributed by atoms with Gasteiger partial charge in [-0.1, -0.05) is 12.1 Å². The molecule has 0 aromatic heterocycles. The molecule has 4 nitrogen and oxygen atoms in total. The van der Waals surface area contributed by atoms with E-state index in [9.17, 15) is 9.59 Å². The van der Waals surface area contributed by atoms with E-state index in [-0.39, 0.29) is 11.7 Å². The van der Waals surface area contributed by atoms with E-state index < -0.39 is 0 Å². The van der Waals surface area contributed by atoms with Crippen molar-refractivity contribution in [1.29, 1.82) is 0 Å². The fourth-order valence-electron chi connectivity index (χ4n) is 2.95. The van der Waals surface area contributed by atoms with E-state index in [2.05, 4.69) is 10.2 Å². The van der Waals surface area contributed by atoms with Crippen LogP contribution in [0.5, 0.6) is 0 Å². The molecular formula is C20H22N2O2. The van der Waals surface area contributed by atoms with Crippen LogP contribution in [-0.4, -0.2) is 29.7 Å². The molecule has 3 rings (SSSR count). The van der Waals surface area contributed by atoms with Crippen LogP contribution in [-0.2, 0) is 6.54 Å². The summed E-state index contributed by atoms with van der Waals surface area (Å²) in [7, 11) is 0. The summed E-state index contributed by atoms with van der Waals surface area (Å²) >= 11 is 0. The molecule has 1 heterocycles. The van der Waals surface area contributed by atoms with Crippen LogP contribution in [0, 0.1) is 0 Å². The van der Waals surface area contributed by atoms with Gasteiger partial charge in [0.15, 0.2) is 5.78 Å². The number of likely N-dealkylation sites (tertiary alicyclic amines) is 1. The first-order chi connectivity index (χ1) is 11.6. The van der Waals surface area contributed by atoms with Crippen molar-refractivity contribution >= 4 is 17.4 Å². The fourth-order valence-corrected chi connectivity index (χ4v) is 2.95. The molecule has 0 aliphatic carbocycles. The Labute approximate surface area is 142 Å². The summed E-state index contributed by atoms with van der Waals surface area (Å²) in [6.07, 6.45) is 2.56. The monoisotopic (exact) mass is 322 g/mol. The second-order valence-corrected chi connectivity index (χ2v) is 6.27. The van der Waals surface area contributed by atoms with Crippen molar-refractivity contribution in [3.05, 3.63) is 65.2 Å². The fraction of sp³-hybridized carbons (Fsp3) is 0.300. The second kappa shape index (κ2) is 7.41. The van der Waals surface area contributed by atoms with Crippen molar-refractivity contribution in [2.45, 2.75) is 26.3 Å². The molecule has 1 N–H and O–H groups in total. The molecular weight excluding hydrogens is 300 g/mol. The number of rotatable bonds is 5. The third kappa shape index (κ3) is 4.09. The minimum atomic E-state index is -0.140. The standard InChI is InChI=1S/C20H22N2O2/c1-15(23)17-8-10-19(11-9-17)21-20(24)18-6-4-16(5-7-18)14-22-12-2-3-13-22/h4-11H,2-3,12-14H2,1H3,(H,21,24). The number of nitrogens with zero attached hydrogens (tertiary/aromatic N) is 1. The lowest BCUT2D eigenvalue weighted by Gasteiger charge is -2.14. The molecule has 1 saturated heterocycles. The van der Waals surface area contributed by atoms with Crippen LogP contribution in [0.15, 0.2) is 48.5 Å². The number of carbonyl (C=O) groups is 2. The predicted octanol–water partition coefficient (Wildman–Crippen LogP) is 3.74. The molecule has 0 radical (unpaired) electrons. The Balaban J connectivity index is 1.60. The summed E-state index contributed by atoms with van der Waals surface area (Å²) in [6.45, 7) is 4.81. The van der Waals surface area contributed by atoms with Gasteiger partial charge >= 0.3 is 0 Å². The van der Waals surface area contributed by atoms with Gasteiger partial charge in [0, 0.05) is 23.4 Å². The van der Waals surface area contributed by atoms with Crippen LogP contribution >= 0.6 is 0 Å². The summed E-state index contributed by atoms with van der Waals surface area (Å²) < 4.78 is 0. The third-order valence-electron chi connectivity index (χ3n) is 4.37. The van der Waals surface area contributed by atoms with E-state index in [4.69, 9.17) is 0 Å². The van der Waals surface area contributed by atoms with Gasteiger partial charge in [0.25, 0.3) is 5.91 Å². The maximum absolute atomic E-state index is 12.3. The van der Waals surface area contributed by atoms with Crippen molar-refractivity contribution in [3.8, 4) is 0 Å². The van der Waals surface area contributed by atoms with E-state index in [0.717, 1.165) is 6.54 Å². The number of carbonyl (C=O) groups excluding carboxylic acids is 2. The smallest absolute Gasteiger partial charge is 0.255 e. The first-order valence-electron chi connectivity index (χ1n) is 8.35. The number of Topliss-reactive ketones (excluding diaryl/α,β-unsaturated/α-hetero) is 1. The normalized spacial score (nSPS) is 14.5. The predicted molar refractivity (Wildman–Crippen MR) is 95.4 cm³/mol. The molecule has 4 heteroatoms. The second-order valence-electron chi connectivity index (χ2n) is 6.27. The van der Waals surface area contributed by atoms with Crippen molar-refractivity contribution in [1.82, 2.24) is 4.90 Å². The van der Waals surface area contributed by atoms with Crippen molar-refractivity contribution in [3.63, 3.8) is 0 Å². The first-order valence-corrected chi connectivity index (χ1v) is 8.35. The maximum Gasteiger partial charge on any atom is 0.255 e. The first kappa shape index (κ1) is 16.4. The SMILES string of the molecule is CC(=O)c1ccc(NC(=O)c2ccc(CN3CCCC3)cc2)cc1. The van der Waals surface area contributed by atoms with Gasteiger partial charge < -0.3 is 5.32 Å². The molecule has 0 atom stereocenters. The van der Waals surface area contributed by atoms with Crippen LogP contribution < -0.4 is 5.32 Å². The van der Waals surface area contributed by atoms with Crippen LogP contribution in [0.2, 0.25) is 0 Å². The Morgan fingerprint density at radius 2 is 1.50 bits per heavy atom. The average molecular weight is 322 g/mol. The highest BCUT2D eigenvalue weighted by Crippen LogP contribution is 2.15. The summed E-state index contributed by atoms with van der Waals surface area (Å²) in [4.78, 5) is 26.0. The van der Waals surface area contributed by atoms with Gasteiger partial charge in [-0.15, -0.1) is 0 Å². The molecule has 1 aliphatic heterocycles. The minimum Gasteiger partial charge on any atom is -0.322 e. The quantitative estimate of drug-likeness (QED) is 0.853. The zero-order valence-electron chi connectivity index (χ0n) is 13.9. The molecule has 0 saturated carbocycles. The summed E-state index contributed by atoms with van der Waals surface area (Å²) in [5.41, 5.74) is 3.19. The Morgan fingerprint density at radius 1 is 0.917 bits per heavy atom. The van der Waals surface area contributed by atoms with E-state index >= 15 is 0 Å². The number of amides is 1. The largest absolute Gasteiger partial charge is 0.322 e. The number of benzene rings is 2. The van der Waals surface area contributed by atoms with Crippen molar-refractivity contribution in [2.75, 3.05) is 18.4 Å². The van der Waals surface area contributed by atoms with E-state index in [1.165, 1.54) is 38.4 Å². The highest BCUT2D eigenvalue weighted by Gasteiger charge is 2.12. The molecule has 0 unspecified atom stereocenters. The summed E-state index contributed by atoms with van der Waals surface area (Å²) in [5, 5.41) is 2.86. The third-order valence-corrected chi connectivity index (χ3v) is 4.37. The lowest BCUT2D eigenvalue weighted by atomic mass is 10.1. The lowest BCUT2D eigenvalue weighted by molar-refractivity contribution is 0.101. The van der Waals surface area contributed by atoms with Crippen LogP contribution in [0.4, 0.5) is 5.69 Å². The van der Waals surface area contributed by atoms with Gasteiger partial charge in [-0.05, 0) is 74.8 Å². The van der Waals surface area contributed by atoms with Crippen molar-refractivity contribution < 1.29 is 9.59 Å². The molecule has 0 bridgehead atoms.